The highest BCUT2D eigenvalue weighted by molar-refractivity contribution is 5.34. The Morgan fingerprint density at radius 1 is 1.10 bits per heavy atom. The average molecular weight is 268 g/mol. The van der Waals surface area contributed by atoms with Gasteiger partial charge in [0.15, 0.2) is 0 Å². The quantitative estimate of drug-likeness (QED) is 0.896. The zero-order valence-corrected chi connectivity index (χ0v) is 11.8. The number of aliphatic hydroxyl groups is 1. The first-order chi connectivity index (χ1) is 9.63. The molecule has 0 aliphatic heterocycles. The summed E-state index contributed by atoms with van der Waals surface area (Å²) in [4.78, 5) is 0. The van der Waals surface area contributed by atoms with Crippen LogP contribution >= 0.6 is 0 Å². The van der Waals surface area contributed by atoms with Crippen LogP contribution in [-0.2, 0) is 12.0 Å². The first-order valence-corrected chi connectivity index (χ1v) is 7.17. The maximum Gasteiger partial charge on any atom is 0.120 e. The molecule has 20 heavy (non-hydrogen) atoms. The van der Waals surface area contributed by atoms with Crippen LogP contribution in [0, 0.1) is 0 Å². The monoisotopic (exact) mass is 268 g/mol. The molecular weight excluding hydrogens is 248 g/mol. The van der Waals surface area contributed by atoms with Crippen molar-refractivity contribution in [2.45, 2.75) is 37.9 Å². The minimum atomic E-state index is -0.885. The Balaban J connectivity index is 1.78. The van der Waals surface area contributed by atoms with E-state index in [-0.39, 0.29) is 0 Å². The summed E-state index contributed by atoms with van der Waals surface area (Å²) in [7, 11) is 0. The molecule has 1 aliphatic rings. The summed E-state index contributed by atoms with van der Waals surface area (Å²) in [5, 5.41) is 10.8. The maximum absolute atomic E-state index is 10.8. The van der Waals surface area contributed by atoms with Gasteiger partial charge in [0.05, 0.1) is 11.7 Å². The molecule has 1 unspecified atom stereocenters. The molecule has 1 N–H and O–H groups in total. The van der Waals surface area contributed by atoms with Crippen molar-refractivity contribution in [3.05, 3.63) is 65.7 Å². The summed E-state index contributed by atoms with van der Waals surface area (Å²) in [6, 6.07) is 17.9. The van der Waals surface area contributed by atoms with E-state index in [1.807, 2.05) is 61.5 Å². The summed E-state index contributed by atoms with van der Waals surface area (Å²) >= 11 is 0. The molecule has 104 valence electrons. The first-order valence-electron chi connectivity index (χ1n) is 7.17. The van der Waals surface area contributed by atoms with Crippen LogP contribution in [0.3, 0.4) is 0 Å². The van der Waals surface area contributed by atoms with Gasteiger partial charge in [-0.3, -0.25) is 0 Å². The van der Waals surface area contributed by atoms with Gasteiger partial charge in [0.2, 0.25) is 0 Å². The summed E-state index contributed by atoms with van der Waals surface area (Å²) in [6.45, 7) is 1.86. The van der Waals surface area contributed by atoms with Crippen LogP contribution in [0.1, 0.15) is 30.9 Å². The Morgan fingerprint density at radius 2 is 1.85 bits per heavy atom. The fourth-order valence-electron chi connectivity index (χ4n) is 2.38. The van der Waals surface area contributed by atoms with Gasteiger partial charge in [-0.25, -0.2) is 0 Å². The first kappa shape index (κ1) is 13.2. The van der Waals surface area contributed by atoms with Crippen molar-refractivity contribution < 1.29 is 9.84 Å². The van der Waals surface area contributed by atoms with E-state index in [1.165, 1.54) is 0 Å². The highest BCUT2D eigenvalue weighted by atomic mass is 16.5. The van der Waals surface area contributed by atoms with Gasteiger partial charge < -0.3 is 9.84 Å². The number of hydrogen-bond acceptors (Lipinski definition) is 2. The summed E-state index contributed by atoms with van der Waals surface area (Å²) in [6.07, 6.45) is 3.26. The zero-order valence-electron chi connectivity index (χ0n) is 11.8. The molecule has 3 rings (SSSR count). The lowest BCUT2D eigenvalue weighted by Gasteiger charge is -2.24. The number of rotatable bonds is 5. The van der Waals surface area contributed by atoms with Gasteiger partial charge in [-0.2, -0.15) is 0 Å². The maximum atomic E-state index is 10.8. The molecule has 0 heterocycles. The Bertz CT molecular complexity index is 571. The summed E-state index contributed by atoms with van der Waals surface area (Å²) < 4.78 is 5.80. The largest absolute Gasteiger partial charge is 0.490 e. The normalized spacial score (nSPS) is 17.5. The molecule has 2 aromatic carbocycles. The van der Waals surface area contributed by atoms with Crippen molar-refractivity contribution >= 4 is 0 Å². The number of ether oxygens (including phenoxy) is 1. The Hall–Kier alpha value is -1.80. The van der Waals surface area contributed by atoms with Crippen molar-refractivity contribution in [1.82, 2.24) is 0 Å². The SMILES string of the molecule is CC(O)(Cc1ccccc1)c1cccc(OC2CC2)c1. The van der Waals surface area contributed by atoms with Crippen molar-refractivity contribution in [3.63, 3.8) is 0 Å². The van der Waals surface area contributed by atoms with E-state index in [9.17, 15) is 5.11 Å². The predicted molar refractivity (Wildman–Crippen MR) is 79.8 cm³/mol. The fourth-order valence-corrected chi connectivity index (χ4v) is 2.38. The van der Waals surface area contributed by atoms with Gasteiger partial charge in [0.1, 0.15) is 5.75 Å². The Kier molecular flexibility index (Phi) is 3.49. The zero-order chi connectivity index (χ0) is 14.0. The van der Waals surface area contributed by atoms with Crippen LogP contribution in [-0.4, -0.2) is 11.2 Å². The van der Waals surface area contributed by atoms with E-state index >= 15 is 0 Å². The molecule has 0 saturated heterocycles. The molecule has 1 saturated carbocycles. The predicted octanol–water partition coefficient (Wildman–Crippen LogP) is 3.68. The highest BCUT2D eigenvalue weighted by Crippen LogP contribution is 2.31. The number of hydrogen-bond donors (Lipinski definition) is 1. The molecule has 1 fully saturated rings. The second-order valence-corrected chi connectivity index (χ2v) is 5.78. The molecule has 2 aromatic rings. The Labute approximate surface area is 120 Å². The van der Waals surface area contributed by atoms with E-state index < -0.39 is 5.60 Å². The van der Waals surface area contributed by atoms with E-state index in [2.05, 4.69) is 0 Å². The van der Waals surface area contributed by atoms with Crippen molar-refractivity contribution in [2.75, 3.05) is 0 Å². The van der Waals surface area contributed by atoms with Crippen molar-refractivity contribution in [2.24, 2.45) is 0 Å². The van der Waals surface area contributed by atoms with Gasteiger partial charge in [-0.1, -0.05) is 42.5 Å². The topological polar surface area (TPSA) is 29.5 Å². The molecular formula is C18H20O2. The summed E-state index contributed by atoms with van der Waals surface area (Å²) in [5.74, 6) is 0.860. The fraction of sp³-hybridized carbons (Fsp3) is 0.333. The average Bonchev–Trinajstić information content (AvgIpc) is 3.24. The molecule has 0 spiro atoms. The minimum absolute atomic E-state index is 0.379. The van der Waals surface area contributed by atoms with Crippen LogP contribution in [0.4, 0.5) is 0 Å². The van der Waals surface area contributed by atoms with E-state index in [1.54, 1.807) is 0 Å². The van der Waals surface area contributed by atoms with Crippen LogP contribution in [0.15, 0.2) is 54.6 Å². The standard InChI is InChI=1S/C18H20O2/c1-18(19,13-14-6-3-2-4-7-14)15-8-5-9-17(12-15)20-16-10-11-16/h2-9,12,16,19H,10-11,13H2,1H3. The lowest BCUT2D eigenvalue weighted by molar-refractivity contribution is 0.0573. The summed E-state index contributed by atoms with van der Waals surface area (Å²) in [5.41, 5.74) is 1.15. The van der Waals surface area contributed by atoms with Gasteiger partial charge >= 0.3 is 0 Å². The smallest absolute Gasteiger partial charge is 0.120 e. The van der Waals surface area contributed by atoms with Crippen molar-refractivity contribution in [3.8, 4) is 5.75 Å². The van der Waals surface area contributed by atoms with Crippen LogP contribution < -0.4 is 4.74 Å². The number of benzene rings is 2. The molecule has 2 nitrogen and oxygen atoms in total. The second kappa shape index (κ2) is 5.29. The van der Waals surface area contributed by atoms with E-state index in [0.717, 1.165) is 29.7 Å². The molecule has 0 aromatic heterocycles. The lowest BCUT2D eigenvalue weighted by Crippen LogP contribution is -2.24. The highest BCUT2D eigenvalue weighted by Gasteiger charge is 2.26. The van der Waals surface area contributed by atoms with Gasteiger partial charge in [0.25, 0.3) is 0 Å². The van der Waals surface area contributed by atoms with Crippen LogP contribution in [0.25, 0.3) is 0 Å². The van der Waals surface area contributed by atoms with E-state index in [4.69, 9.17) is 4.74 Å². The molecule has 0 bridgehead atoms. The molecule has 1 aliphatic carbocycles. The molecule has 0 amide bonds. The van der Waals surface area contributed by atoms with Gasteiger partial charge in [-0.15, -0.1) is 0 Å². The molecule has 0 radical (unpaired) electrons. The third kappa shape index (κ3) is 3.20. The third-order valence-corrected chi connectivity index (χ3v) is 3.67. The van der Waals surface area contributed by atoms with Gasteiger partial charge in [0, 0.05) is 6.42 Å². The minimum Gasteiger partial charge on any atom is -0.490 e. The van der Waals surface area contributed by atoms with Gasteiger partial charge in [-0.05, 0) is 43.0 Å². The second-order valence-electron chi connectivity index (χ2n) is 5.78. The van der Waals surface area contributed by atoms with E-state index in [0.29, 0.717) is 12.5 Å². The molecule has 1 atom stereocenters. The van der Waals surface area contributed by atoms with Crippen LogP contribution in [0.2, 0.25) is 0 Å². The molecule has 2 heteroatoms. The third-order valence-electron chi connectivity index (χ3n) is 3.67. The lowest BCUT2D eigenvalue weighted by atomic mass is 9.89. The van der Waals surface area contributed by atoms with Crippen molar-refractivity contribution in [1.29, 1.82) is 0 Å². The van der Waals surface area contributed by atoms with Crippen LogP contribution in [0.5, 0.6) is 5.75 Å². The Morgan fingerprint density at radius 3 is 2.55 bits per heavy atom.